The SMILES string of the molecule is COC(OC)C12CCC(CC(c3ccc(N)c(Br)c3)C1)O2. The monoisotopic (exact) mass is 355 g/mol. The molecule has 2 N–H and O–H groups in total. The first-order valence-electron chi connectivity index (χ1n) is 7.36. The van der Waals surface area contributed by atoms with Gasteiger partial charge in [0.2, 0.25) is 0 Å². The van der Waals surface area contributed by atoms with Crippen molar-refractivity contribution < 1.29 is 14.2 Å². The van der Waals surface area contributed by atoms with E-state index in [0.29, 0.717) is 12.0 Å². The number of rotatable bonds is 4. The molecule has 0 aromatic heterocycles. The molecule has 0 saturated carbocycles. The summed E-state index contributed by atoms with van der Waals surface area (Å²) in [4.78, 5) is 0. The molecule has 4 nitrogen and oxygen atoms in total. The van der Waals surface area contributed by atoms with E-state index in [2.05, 4.69) is 28.1 Å². The number of nitrogens with two attached hydrogens (primary N) is 1. The summed E-state index contributed by atoms with van der Waals surface area (Å²) in [6.07, 6.45) is 4.05. The summed E-state index contributed by atoms with van der Waals surface area (Å²) in [6, 6.07) is 6.22. The molecule has 2 bridgehead atoms. The topological polar surface area (TPSA) is 53.7 Å². The summed E-state index contributed by atoms with van der Waals surface area (Å²) in [5.74, 6) is 0.455. The summed E-state index contributed by atoms with van der Waals surface area (Å²) in [7, 11) is 3.37. The molecule has 2 saturated heterocycles. The zero-order chi connectivity index (χ0) is 15.0. The Balaban J connectivity index is 1.87. The Bertz CT molecular complexity index is 520. The van der Waals surface area contributed by atoms with Crippen molar-refractivity contribution in [3.8, 4) is 0 Å². The number of nitrogen functional groups attached to an aromatic ring is 1. The van der Waals surface area contributed by atoms with E-state index in [1.54, 1.807) is 14.2 Å². The van der Waals surface area contributed by atoms with Crippen LogP contribution < -0.4 is 5.73 Å². The number of benzene rings is 1. The molecule has 1 aromatic carbocycles. The lowest BCUT2D eigenvalue weighted by Gasteiger charge is -2.41. The number of hydrogen-bond acceptors (Lipinski definition) is 4. The number of methoxy groups -OCH3 is 2. The van der Waals surface area contributed by atoms with E-state index in [4.69, 9.17) is 19.9 Å². The quantitative estimate of drug-likeness (QED) is 0.663. The summed E-state index contributed by atoms with van der Waals surface area (Å²) < 4.78 is 18.2. The summed E-state index contributed by atoms with van der Waals surface area (Å²) in [5.41, 5.74) is 7.66. The Hall–Kier alpha value is -0.620. The second-order valence-electron chi connectivity index (χ2n) is 6.06. The van der Waals surface area contributed by atoms with E-state index in [1.807, 2.05) is 6.07 Å². The van der Waals surface area contributed by atoms with Gasteiger partial charge >= 0.3 is 0 Å². The van der Waals surface area contributed by atoms with E-state index in [0.717, 1.165) is 35.8 Å². The van der Waals surface area contributed by atoms with Crippen LogP contribution in [0, 0.1) is 0 Å². The second kappa shape index (κ2) is 5.88. The molecule has 0 spiro atoms. The molecule has 3 atom stereocenters. The highest BCUT2D eigenvalue weighted by atomic mass is 79.9. The molecule has 3 unspecified atom stereocenters. The molecule has 116 valence electrons. The number of halogens is 1. The predicted octanol–water partition coefficient (Wildman–Crippen LogP) is 3.45. The molecule has 3 rings (SSSR count). The van der Waals surface area contributed by atoms with Crippen LogP contribution in [0.25, 0.3) is 0 Å². The lowest BCUT2D eigenvalue weighted by molar-refractivity contribution is -0.243. The maximum atomic E-state index is 6.25. The number of fused-ring (bicyclic) bond motifs is 2. The maximum Gasteiger partial charge on any atom is 0.185 e. The molecular formula is C16H22BrNO3. The molecule has 0 amide bonds. The first-order valence-corrected chi connectivity index (χ1v) is 8.15. The lowest BCUT2D eigenvalue weighted by atomic mass is 9.82. The van der Waals surface area contributed by atoms with E-state index in [1.165, 1.54) is 5.56 Å². The fourth-order valence-corrected chi connectivity index (χ4v) is 4.23. The molecule has 21 heavy (non-hydrogen) atoms. The molecule has 0 radical (unpaired) electrons. The lowest BCUT2D eigenvalue weighted by Crippen LogP contribution is -2.48. The maximum absolute atomic E-state index is 6.25. The highest BCUT2D eigenvalue weighted by Crippen LogP contribution is 2.50. The van der Waals surface area contributed by atoms with Gasteiger partial charge in [-0.1, -0.05) is 6.07 Å². The molecule has 2 aliphatic heterocycles. The summed E-state index contributed by atoms with van der Waals surface area (Å²) >= 11 is 3.52. The predicted molar refractivity (Wildman–Crippen MR) is 85.2 cm³/mol. The van der Waals surface area contributed by atoms with Gasteiger partial charge < -0.3 is 19.9 Å². The zero-order valence-corrected chi connectivity index (χ0v) is 14.1. The van der Waals surface area contributed by atoms with Gasteiger partial charge in [0.05, 0.1) is 6.10 Å². The minimum Gasteiger partial charge on any atom is -0.398 e. The van der Waals surface area contributed by atoms with Crippen LogP contribution in [0.4, 0.5) is 5.69 Å². The smallest absolute Gasteiger partial charge is 0.185 e. The summed E-state index contributed by atoms with van der Waals surface area (Å²) in [5, 5.41) is 0. The van der Waals surface area contributed by atoms with Gasteiger partial charge in [-0.25, -0.2) is 0 Å². The average Bonchev–Trinajstić information content (AvgIpc) is 2.78. The van der Waals surface area contributed by atoms with Crippen LogP contribution in [0.1, 0.15) is 37.2 Å². The fraction of sp³-hybridized carbons (Fsp3) is 0.625. The average molecular weight is 356 g/mol. The fourth-order valence-electron chi connectivity index (χ4n) is 3.84. The van der Waals surface area contributed by atoms with Crippen molar-refractivity contribution in [1.29, 1.82) is 0 Å². The second-order valence-corrected chi connectivity index (χ2v) is 6.92. The van der Waals surface area contributed by atoms with Crippen LogP contribution in [0.2, 0.25) is 0 Å². The molecule has 0 aliphatic carbocycles. The highest BCUT2D eigenvalue weighted by molar-refractivity contribution is 9.10. The van der Waals surface area contributed by atoms with Crippen molar-refractivity contribution in [3.63, 3.8) is 0 Å². The van der Waals surface area contributed by atoms with Gasteiger partial charge in [0, 0.05) is 24.4 Å². The third-order valence-corrected chi connectivity index (χ3v) is 5.47. The molecule has 2 fully saturated rings. The van der Waals surface area contributed by atoms with E-state index >= 15 is 0 Å². The van der Waals surface area contributed by atoms with Gasteiger partial charge in [0.1, 0.15) is 5.60 Å². The van der Waals surface area contributed by atoms with Crippen molar-refractivity contribution in [1.82, 2.24) is 0 Å². The van der Waals surface area contributed by atoms with Crippen molar-refractivity contribution in [2.75, 3.05) is 20.0 Å². The summed E-state index contributed by atoms with van der Waals surface area (Å²) in [6.45, 7) is 0. The van der Waals surface area contributed by atoms with Crippen LogP contribution in [0.5, 0.6) is 0 Å². The first kappa shape index (κ1) is 15.3. The van der Waals surface area contributed by atoms with Gasteiger partial charge in [-0.2, -0.15) is 0 Å². The number of anilines is 1. The molecule has 5 heteroatoms. The van der Waals surface area contributed by atoms with Crippen LogP contribution in [0.15, 0.2) is 22.7 Å². The van der Waals surface area contributed by atoms with E-state index in [9.17, 15) is 0 Å². The van der Waals surface area contributed by atoms with Crippen LogP contribution in [0.3, 0.4) is 0 Å². The van der Waals surface area contributed by atoms with Crippen molar-refractivity contribution in [2.45, 2.75) is 49.6 Å². The van der Waals surface area contributed by atoms with Crippen LogP contribution >= 0.6 is 15.9 Å². The molecule has 1 aromatic rings. The molecular weight excluding hydrogens is 334 g/mol. The van der Waals surface area contributed by atoms with Gasteiger partial charge in [-0.3, -0.25) is 0 Å². The zero-order valence-electron chi connectivity index (χ0n) is 12.5. The minimum absolute atomic E-state index is 0.299. The van der Waals surface area contributed by atoms with E-state index in [-0.39, 0.29) is 11.9 Å². The van der Waals surface area contributed by atoms with Gasteiger partial charge in [-0.05, 0) is 65.2 Å². The van der Waals surface area contributed by atoms with Gasteiger partial charge in [-0.15, -0.1) is 0 Å². The highest BCUT2D eigenvalue weighted by Gasteiger charge is 2.52. The van der Waals surface area contributed by atoms with Crippen molar-refractivity contribution >= 4 is 21.6 Å². The Kier molecular flexibility index (Phi) is 4.28. The van der Waals surface area contributed by atoms with Crippen LogP contribution in [-0.4, -0.2) is 32.2 Å². The minimum atomic E-state index is -0.315. The first-order chi connectivity index (χ1) is 10.1. The standard InChI is InChI=1S/C16H22BrNO3/c1-19-15(20-2)16-6-5-12(21-16)7-11(9-16)10-3-4-14(18)13(17)8-10/h3-4,8,11-12,15H,5-7,9,18H2,1-2H3. The normalized spacial score (nSPS) is 31.8. The third-order valence-electron chi connectivity index (χ3n) is 4.78. The third kappa shape index (κ3) is 2.72. The Morgan fingerprint density at radius 1 is 1.38 bits per heavy atom. The Labute approximate surface area is 134 Å². The van der Waals surface area contributed by atoms with Gasteiger partial charge in [0.15, 0.2) is 6.29 Å². The Morgan fingerprint density at radius 2 is 2.14 bits per heavy atom. The van der Waals surface area contributed by atoms with E-state index < -0.39 is 0 Å². The Morgan fingerprint density at radius 3 is 2.81 bits per heavy atom. The number of ether oxygens (including phenoxy) is 3. The van der Waals surface area contributed by atoms with Crippen molar-refractivity contribution in [3.05, 3.63) is 28.2 Å². The largest absolute Gasteiger partial charge is 0.398 e. The number of hydrogen-bond donors (Lipinski definition) is 1. The van der Waals surface area contributed by atoms with Crippen molar-refractivity contribution in [2.24, 2.45) is 0 Å². The molecule has 2 heterocycles. The van der Waals surface area contributed by atoms with Crippen LogP contribution in [-0.2, 0) is 14.2 Å². The van der Waals surface area contributed by atoms with Gasteiger partial charge in [0.25, 0.3) is 0 Å². The molecule has 2 aliphatic rings.